The van der Waals surface area contributed by atoms with E-state index in [4.69, 9.17) is 5.26 Å². The third-order valence-electron chi connectivity index (χ3n) is 3.13. The molecule has 0 aliphatic heterocycles. The minimum Gasteiger partial charge on any atom is -0.305 e. The molecule has 0 aromatic heterocycles. The summed E-state index contributed by atoms with van der Waals surface area (Å²) in [6, 6.07) is 2.88. The fraction of sp³-hybridized carbons (Fsp3) is 0.917. The molecule has 3 heteroatoms. The van der Waals surface area contributed by atoms with E-state index in [1.807, 2.05) is 7.05 Å². The maximum atomic E-state index is 8.84. The molecule has 15 heavy (non-hydrogen) atoms. The summed E-state index contributed by atoms with van der Waals surface area (Å²) in [7, 11) is 1.86. The lowest BCUT2D eigenvalue weighted by Crippen LogP contribution is -2.37. The Morgan fingerprint density at radius 3 is 2.53 bits per heavy atom. The quantitative estimate of drug-likeness (QED) is 0.692. The first-order valence-electron chi connectivity index (χ1n) is 5.98. The van der Waals surface area contributed by atoms with Gasteiger partial charge in [0.25, 0.3) is 0 Å². The van der Waals surface area contributed by atoms with E-state index in [0.717, 1.165) is 18.9 Å². The predicted molar refractivity (Wildman–Crippen MR) is 62.5 cm³/mol. The average molecular weight is 209 g/mol. The molecule has 0 heterocycles. The van der Waals surface area contributed by atoms with Gasteiger partial charge in [-0.1, -0.05) is 0 Å². The van der Waals surface area contributed by atoms with Crippen LogP contribution in [0.3, 0.4) is 0 Å². The first kappa shape index (κ1) is 12.5. The van der Waals surface area contributed by atoms with Gasteiger partial charge >= 0.3 is 0 Å². The topological polar surface area (TPSA) is 39.1 Å². The van der Waals surface area contributed by atoms with E-state index in [0.29, 0.717) is 6.04 Å². The van der Waals surface area contributed by atoms with Crippen molar-refractivity contribution < 1.29 is 0 Å². The first-order valence-corrected chi connectivity index (χ1v) is 5.98. The van der Waals surface area contributed by atoms with Gasteiger partial charge < -0.3 is 10.2 Å². The molecule has 1 N–H and O–H groups in total. The van der Waals surface area contributed by atoms with Crippen molar-refractivity contribution in [1.29, 1.82) is 5.26 Å². The predicted octanol–water partition coefficient (Wildman–Crippen LogP) is 1.61. The minimum atomic E-state index is 0.00505. The van der Waals surface area contributed by atoms with Gasteiger partial charge in [-0.25, -0.2) is 0 Å². The SMILES string of the molecule is CNC(C#N)CCN(CC1CC1)C(C)C. The average Bonchev–Trinajstić information content (AvgIpc) is 3.01. The van der Waals surface area contributed by atoms with Crippen molar-refractivity contribution in [3.05, 3.63) is 0 Å². The standard InChI is InChI=1S/C12H23N3/c1-10(2)15(9-11-4-5-11)7-6-12(8-13)14-3/h10-12,14H,4-7,9H2,1-3H3. The second kappa shape index (κ2) is 6.09. The van der Waals surface area contributed by atoms with Crippen LogP contribution in [0, 0.1) is 17.2 Å². The summed E-state index contributed by atoms with van der Waals surface area (Å²) in [5.41, 5.74) is 0. The fourth-order valence-electron chi connectivity index (χ4n) is 1.76. The van der Waals surface area contributed by atoms with Crippen molar-refractivity contribution in [3.63, 3.8) is 0 Å². The lowest BCUT2D eigenvalue weighted by Gasteiger charge is -2.27. The summed E-state index contributed by atoms with van der Waals surface area (Å²) in [5.74, 6) is 0.933. The van der Waals surface area contributed by atoms with Gasteiger partial charge in [-0.05, 0) is 46.1 Å². The van der Waals surface area contributed by atoms with Gasteiger partial charge in [0.1, 0.15) is 0 Å². The van der Waals surface area contributed by atoms with E-state index in [-0.39, 0.29) is 6.04 Å². The van der Waals surface area contributed by atoms with E-state index >= 15 is 0 Å². The second-order valence-electron chi connectivity index (χ2n) is 4.79. The molecule has 1 atom stereocenters. The van der Waals surface area contributed by atoms with Crippen LogP contribution in [0.25, 0.3) is 0 Å². The van der Waals surface area contributed by atoms with Crippen molar-refractivity contribution in [2.75, 3.05) is 20.1 Å². The van der Waals surface area contributed by atoms with Gasteiger partial charge in [-0.3, -0.25) is 0 Å². The molecule has 0 aromatic carbocycles. The van der Waals surface area contributed by atoms with Gasteiger partial charge in [0.05, 0.1) is 12.1 Å². The second-order valence-corrected chi connectivity index (χ2v) is 4.79. The van der Waals surface area contributed by atoms with Crippen molar-refractivity contribution in [2.24, 2.45) is 5.92 Å². The third kappa shape index (κ3) is 4.63. The molecule has 1 rings (SSSR count). The van der Waals surface area contributed by atoms with Crippen LogP contribution in [0.15, 0.2) is 0 Å². The summed E-state index contributed by atoms with van der Waals surface area (Å²) in [5, 5.41) is 11.9. The summed E-state index contributed by atoms with van der Waals surface area (Å²) >= 11 is 0. The lowest BCUT2D eigenvalue weighted by atomic mass is 10.2. The number of hydrogen-bond acceptors (Lipinski definition) is 3. The summed E-state index contributed by atoms with van der Waals surface area (Å²) < 4.78 is 0. The molecule has 0 spiro atoms. The number of nitrogens with one attached hydrogen (secondary N) is 1. The van der Waals surface area contributed by atoms with Crippen LogP contribution < -0.4 is 5.32 Å². The summed E-state index contributed by atoms with van der Waals surface area (Å²) in [4.78, 5) is 2.50. The van der Waals surface area contributed by atoms with E-state index in [9.17, 15) is 0 Å². The molecule has 1 aliphatic rings. The number of hydrogen-bond donors (Lipinski definition) is 1. The molecule has 0 aromatic rings. The monoisotopic (exact) mass is 209 g/mol. The van der Waals surface area contributed by atoms with Crippen LogP contribution in [0.4, 0.5) is 0 Å². The third-order valence-corrected chi connectivity index (χ3v) is 3.13. The molecule has 1 unspecified atom stereocenters. The normalized spacial score (nSPS) is 18.1. The largest absolute Gasteiger partial charge is 0.305 e. The highest BCUT2D eigenvalue weighted by atomic mass is 15.1. The summed E-state index contributed by atoms with van der Waals surface area (Å²) in [6.45, 7) is 6.74. The van der Waals surface area contributed by atoms with Crippen LogP contribution in [-0.4, -0.2) is 37.1 Å². The highest BCUT2D eigenvalue weighted by molar-refractivity contribution is 4.89. The highest BCUT2D eigenvalue weighted by Gasteiger charge is 2.25. The van der Waals surface area contributed by atoms with Crippen molar-refractivity contribution in [3.8, 4) is 6.07 Å². The van der Waals surface area contributed by atoms with Gasteiger partial charge in [-0.2, -0.15) is 5.26 Å². The maximum absolute atomic E-state index is 8.84. The molecule has 0 bridgehead atoms. The van der Waals surface area contributed by atoms with Crippen molar-refractivity contribution in [2.45, 2.75) is 45.2 Å². The summed E-state index contributed by atoms with van der Waals surface area (Å²) in [6.07, 6.45) is 3.73. The van der Waals surface area contributed by atoms with Crippen LogP contribution >= 0.6 is 0 Å². The Balaban J connectivity index is 2.27. The van der Waals surface area contributed by atoms with Crippen molar-refractivity contribution in [1.82, 2.24) is 10.2 Å². The molecule has 3 nitrogen and oxygen atoms in total. The van der Waals surface area contributed by atoms with Crippen LogP contribution in [0.2, 0.25) is 0 Å². The van der Waals surface area contributed by atoms with Crippen LogP contribution in [-0.2, 0) is 0 Å². The van der Waals surface area contributed by atoms with E-state index in [1.54, 1.807) is 0 Å². The Morgan fingerprint density at radius 2 is 2.13 bits per heavy atom. The van der Waals surface area contributed by atoms with Crippen LogP contribution in [0.5, 0.6) is 0 Å². The zero-order valence-electron chi connectivity index (χ0n) is 10.2. The molecule has 0 saturated heterocycles. The minimum absolute atomic E-state index is 0.00505. The Labute approximate surface area is 93.5 Å². The van der Waals surface area contributed by atoms with E-state index < -0.39 is 0 Å². The molecule has 0 radical (unpaired) electrons. The molecule has 1 fully saturated rings. The zero-order valence-corrected chi connectivity index (χ0v) is 10.2. The molecule has 0 amide bonds. The Bertz CT molecular complexity index is 215. The zero-order chi connectivity index (χ0) is 11.3. The molecule has 1 saturated carbocycles. The molecule has 86 valence electrons. The van der Waals surface area contributed by atoms with Gasteiger partial charge in [-0.15, -0.1) is 0 Å². The molecule has 1 aliphatic carbocycles. The van der Waals surface area contributed by atoms with Crippen molar-refractivity contribution >= 4 is 0 Å². The van der Waals surface area contributed by atoms with E-state index in [1.165, 1.54) is 19.4 Å². The van der Waals surface area contributed by atoms with Crippen LogP contribution in [0.1, 0.15) is 33.1 Å². The van der Waals surface area contributed by atoms with E-state index in [2.05, 4.69) is 30.1 Å². The molecular formula is C12H23N3. The maximum Gasteiger partial charge on any atom is 0.0962 e. The number of rotatable bonds is 7. The first-order chi connectivity index (χ1) is 7.17. The number of nitriles is 1. The smallest absolute Gasteiger partial charge is 0.0962 e. The Morgan fingerprint density at radius 1 is 1.47 bits per heavy atom. The Hall–Kier alpha value is -0.590. The fourth-order valence-corrected chi connectivity index (χ4v) is 1.76. The van der Waals surface area contributed by atoms with Gasteiger partial charge in [0.15, 0.2) is 0 Å². The Kier molecular flexibility index (Phi) is 5.07. The molecular weight excluding hydrogens is 186 g/mol. The number of nitrogens with zero attached hydrogens (tertiary/aromatic N) is 2. The van der Waals surface area contributed by atoms with Gasteiger partial charge in [0.2, 0.25) is 0 Å². The van der Waals surface area contributed by atoms with Gasteiger partial charge in [0, 0.05) is 19.1 Å². The highest BCUT2D eigenvalue weighted by Crippen LogP contribution is 2.30. The lowest BCUT2D eigenvalue weighted by molar-refractivity contribution is 0.206.